The highest BCUT2D eigenvalue weighted by Gasteiger charge is 2.36. The Labute approximate surface area is 153 Å². The summed E-state index contributed by atoms with van der Waals surface area (Å²) in [6, 6.07) is 4.73. The zero-order chi connectivity index (χ0) is 19.0. The number of fused-ring (bicyclic) bond motifs is 1. The zero-order valence-electron chi connectivity index (χ0n) is 15.4. The molecule has 0 aliphatic carbocycles. The second-order valence-electron chi connectivity index (χ2n) is 7.55. The molecule has 0 saturated carbocycles. The van der Waals surface area contributed by atoms with E-state index in [4.69, 9.17) is 0 Å². The number of carbonyl (C=O) groups excluding carboxylic acids is 4. The van der Waals surface area contributed by atoms with Crippen LogP contribution in [0.1, 0.15) is 64.7 Å². The van der Waals surface area contributed by atoms with Crippen molar-refractivity contribution in [2.45, 2.75) is 33.6 Å². The van der Waals surface area contributed by atoms with Crippen LogP contribution in [-0.4, -0.2) is 52.9 Å². The number of nitrogens with zero attached hydrogens (tertiary/aromatic N) is 2. The quantitative estimate of drug-likeness (QED) is 0.776. The summed E-state index contributed by atoms with van der Waals surface area (Å²) in [4.78, 5) is 52.2. The van der Waals surface area contributed by atoms with E-state index in [2.05, 4.69) is 0 Å². The molecule has 138 valence electrons. The van der Waals surface area contributed by atoms with Crippen molar-refractivity contribution in [2.75, 3.05) is 19.6 Å². The summed E-state index contributed by atoms with van der Waals surface area (Å²) in [5.74, 6) is -0.395. The number of imide groups is 1. The van der Waals surface area contributed by atoms with Crippen molar-refractivity contribution in [2.24, 2.45) is 11.8 Å². The van der Waals surface area contributed by atoms with Gasteiger partial charge in [-0.2, -0.15) is 0 Å². The Morgan fingerprint density at radius 3 is 2.27 bits per heavy atom. The molecule has 6 nitrogen and oxygen atoms in total. The van der Waals surface area contributed by atoms with Crippen LogP contribution in [0.25, 0.3) is 0 Å². The van der Waals surface area contributed by atoms with Crippen molar-refractivity contribution in [1.29, 1.82) is 0 Å². The number of ketones is 1. The van der Waals surface area contributed by atoms with E-state index in [0.29, 0.717) is 49.2 Å². The van der Waals surface area contributed by atoms with Crippen LogP contribution in [0.15, 0.2) is 18.2 Å². The fraction of sp³-hybridized carbons (Fsp3) is 0.500. The molecule has 1 saturated heterocycles. The topological polar surface area (TPSA) is 74.8 Å². The molecule has 3 amide bonds. The lowest BCUT2D eigenvalue weighted by atomic mass is 9.93. The summed E-state index contributed by atoms with van der Waals surface area (Å²) in [5.41, 5.74) is 1.08. The predicted octanol–water partition coefficient (Wildman–Crippen LogP) is 2.38. The van der Waals surface area contributed by atoms with E-state index in [1.807, 2.05) is 13.8 Å². The van der Waals surface area contributed by atoms with Crippen LogP contribution in [0.2, 0.25) is 0 Å². The van der Waals surface area contributed by atoms with Crippen LogP contribution in [0, 0.1) is 11.8 Å². The van der Waals surface area contributed by atoms with E-state index >= 15 is 0 Å². The minimum atomic E-state index is -0.330. The summed E-state index contributed by atoms with van der Waals surface area (Å²) < 4.78 is 0. The molecule has 26 heavy (non-hydrogen) atoms. The Bertz CT molecular complexity index is 776. The van der Waals surface area contributed by atoms with Gasteiger partial charge in [-0.3, -0.25) is 24.1 Å². The summed E-state index contributed by atoms with van der Waals surface area (Å²) in [7, 11) is 0. The second kappa shape index (κ2) is 7.02. The maximum absolute atomic E-state index is 12.8. The average Bonchev–Trinajstić information content (AvgIpc) is 2.85. The number of likely N-dealkylation sites (tertiary alicyclic amines) is 1. The van der Waals surface area contributed by atoms with Gasteiger partial charge in [0, 0.05) is 31.1 Å². The van der Waals surface area contributed by atoms with Gasteiger partial charge in [-0.15, -0.1) is 0 Å². The normalized spacial score (nSPS) is 17.8. The van der Waals surface area contributed by atoms with Crippen molar-refractivity contribution in [1.82, 2.24) is 9.80 Å². The van der Waals surface area contributed by atoms with E-state index in [-0.39, 0.29) is 35.3 Å². The van der Waals surface area contributed by atoms with Crippen LogP contribution in [0.4, 0.5) is 0 Å². The van der Waals surface area contributed by atoms with Crippen LogP contribution in [-0.2, 0) is 4.79 Å². The molecular weight excluding hydrogens is 332 g/mol. The monoisotopic (exact) mass is 356 g/mol. The molecule has 2 aliphatic rings. The first-order valence-electron chi connectivity index (χ1n) is 9.09. The van der Waals surface area contributed by atoms with E-state index in [0.717, 1.165) is 0 Å². The molecule has 0 radical (unpaired) electrons. The van der Waals surface area contributed by atoms with Gasteiger partial charge >= 0.3 is 0 Å². The third kappa shape index (κ3) is 3.28. The Hall–Kier alpha value is -2.50. The number of amides is 3. The lowest BCUT2D eigenvalue weighted by molar-refractivity contribution is -0.121. The van der Waals surface area contributed by atoms with Gasteiger partial charge in [-0.25, -0.2) is 0 Å². The van der Waals surface area contributed by atoms with Gasteiger partial charge in [0.25, 0.3) is 17.7 Å². The number of carbonyl (C=O) groups is 4. The number of Topliss-reactive ketones (excluding diaryl/α,β-unsaturated/α-hetero) is 1. The zero-order valence-corrected chi connectivity index (χ0v) is 15.4. The van der Waals surface area contributed by atoms with Crippen LogP contribution < -0.4 is 0 Å². The summed E-state index contributed by atoms with van der Waals surface area (Å²) in [6.07, 6.45) is 1.34. The molecule has 0 bridgehead atoms. The van der Waals surface area contributed by atoms with Gasteiger partial charge < -0.3 is 4.90 Å². The maximum atomic E-state index is 12.8. The number of hydrogen-bond acceptors (Lipinski definition) is 4. The third-order valence-corrected chi connectivity index (χ3v) is 5.12. The van der Waals surface area contributed by atoms with Gasteiger partial charge in [0.1, 0.15) is 5.78 Å². The van der Waals surface area contributed by atoms with Gasteiger partial charge in [0.2, 0.25) is 0 Å². The molecule has 0 atom stereocenters. The summed E-state index contributed by atoms with van der Waals surface area (Å²) in [5, 5.41) is 0. The Kier molecular flexibility index (Phi) is 4.94. The average molecular weight is 356 g/mol. The standard InChI is InChI=1S/C20H24N2O4/c1-12(2)11-22-19(25)16-5-4-15(10-17(16)20(22)26)18(24)21-8-6-14(7-9-21)13(3)23/h4-5,10,12,14H,6-9,11H2,1-3H3. The van der Waals surface area contributed by atoms with E-state index in [1.165, 1.54) is 11.0 Å². The maximum Gasteiger partial charge on any atom is 0.261 e. The van der Waals surface area contributed by atoms with Crippen LogP contribution in [0.5, 0.6) is 0 Å². The first-order chi connectivity index (χ1) is 12.3. The largest absolute Gasteiger partial charge is 0.339 e. The lowest BCUT2D eigenvalue weighted by Crippen LogP contribution is -2.40. The van der Waals surface area contributed by atoms with Crippen LogP contribution >= 0.6 is 0 Å². The molecule has 0 unspecified atom stereocenters. The molecule has 2 heterocycles. The van der Waals surface area contributed by atoms with Gasteiger partial charge in [-0.1, -0.05) is 13.8 Å². The molecule has 0 N–H and O–H groups in total. The van der Waals surface area contributed by atoms with Crippen molar-refractivity contribution < 1.29 is 19.2 Å². The molecule has 6 heteroatoms. The van der Waals surface area contributed by atoms with Crippen molar-refractivity contribution in [3.05, 3.63) is 34.9 Å². The molecular formula is C20H24N2O4. The van der Waals surface area contributed by atoms with Gasteiger partial charge in [0.15, 0.2) is 0 Å². The SMILES string of the molecule is CC(=O)C1CCN(C(=O)c2ccc3c(c2)C(=O)N(CC(C)C)C3=O)CC1. The van der Waals surface area contributed by atoms with Crippen molar-refractivity contribution in [3.63, 3.8) is 0 Å². The highest BCUT2D eigenvalue weighted by atomic mass is 16.2. The minimum Gasteiger partial charge on any atom is -0.339 e. The molecule has 1 aromatic rings. The number of rotatable bonds is 4. The molecule has 1 fully saturated rings. The van der Waals surface area contributed by atoms with Crippen LogP contribution in [0.3, 0.4) is 0 Å². The smallest absolute Gasteiger partial charge is 0.261 e. The fourth-order valence-electron chi connectivity index (χ4n) is 3.63. The van der Waals surface area contributed by atoms with Crippen molar-refractivity contribution in [3.8, 4) is 0 Å². The predicted molar refractivity (Wildman–Crippen MR) is 96.0 cm³/mol. The Balaban J connectivity index is 1.77. The number of benzene rings is 1. The molecule has 2 aliphatic heterocycles. The highest BCUT2D eigenvalue weighted by Crippen LogP contribution is 2.26. The van der Waals surface area contributed by atoms with E-state index < -0.39 is 0 Å². The molecule has 0 aromatic heterocycles. The number of piperidine rings is 1. The fourth-order valence-corrected chi connectivity index (χ4v) is 3.63. The van der Waals surface area contributed by atoms with E-state index in [1.54, 1.807) is 24.0 Å². The molecule has 0 spiro atoms. The Morgan fingerprint density at radius 1 is 1.08 bits per heavy atom. The molecule has 3 rings (SSSR count). The minimum absolute atomic E-state index is 0.0304. The van der Waals surface area contributed by atoms with Crippen molar-refractivity contribution >= 4 is 23.5 Å². The second-order valence-corrected chi connectivity index (χ2v) is 7.55. The Morgan fingerprint density at radius 2 is 1.69 bits per heavy atom. The highest BCUT2D eigenvalue weighted by molar-refractivity contribution is 6.22. The summed E-state index contributed by atoms with van der Waals surface area (Å²) in [6.45, 7) is 6.92. The number of hydrogen-bond donors (Lipinski definition) is 0. The first kappa shape index (κ1) is 18.3. The van der Waals surface area contributed by atoms with E-state index in [9.17, 15) is 19.2 Å². The van der Waals surface area contributed by atoms with Gasteiger partial charge in [0.05, 0.1) is 11.1 Å². The lowest BCUT2D eigenvalue weighted by Gasteiger charge is -2.31. The first-order valence-corrected chi connectivity index (χ1v) is 9.09. The third-order valence-electron chi connectivity index (χ3n) is 5.12. The molecule has 1 aromatic carbocycles. The van der Waals surface area contributed by atoms with Gasteiger partial charge in [-0.05, 0) is 43.9 Å². The summed E-state index contributed by atoms with van der Waals surface area (Å²) >= 11 is 0.